The van der Waals surface area contributed by atoms with E-state index in [1.165, 1.54) is 43.3 Å². The maximum Gasteiger partial charge on any atom is 0.338 e. The van der Waals surface area contributed by atoms with Gasteiger partial charge in [0.1, 0.15) is 6.61 Å². The lowest BCUT2D eigenvalue weighted by molar-refractivity contribution is -0.140. The van der Waals surface area contributed by atoms with Crippen LogP contribution in [0.4, 0.5) is 0 Å². The molecule has 3 aromatic rings. The number of carbonyl (C=O) groups excluding carboxylic acids is 3. The maximum atomic E-state index is 13.6. The number of ether oxygens (including phenoxy) is 1. The highest BCUT2D eigenvalue weighted by molar-refractivity contribution is 7.89. The molecule has 0 aromatic heterocycles. The number of imide groups is 1. The smallest absolute Gasteiger partial charge is 0.338 e. The largest absolute Gasteiger partial charge is 0.460 e. The molecule has 0 unspecified atom stereocenters. The van der Waals surface area contributed by atoms with Crippen LogP contribution in [0.2, 0.25) is 0 Å². The molecule has 2 atom stereocenters. The van der Waals surface area contributed by atoms with Crippen molar-refractivity contribution in [3.05, 3.63) is 101 Å². The molecule has 2 bridgehead atoms. The Kier molecular flexibility index (Phi) is 5.73. The molecule has 0 N–H and O–H groups in total. The fourth-order valence-electron chi connectivity index (χ4n) is 6.25. The summed E-state index contributed by atoms with van der Waals surface area (Å²) < 4.78 is 30.9. The number of rotatable bonds is 6. The fourth-order valence-corrected chi connectivity index (χ4v) is 7.15. The topological polar surface area (TPSA) is 101 Å². The van der Waals surface area contributed by atoms with Gasteiger partial charge in [0.2, 0.25) is 21.8 Å². The van der Waals surface area contributed by atoms with Gasteiger partial charge in [0.15, 0.2) is 0 Å². The van der Waals surface area contributed by atoms with E-state index in [4.69, 9.17) is 4.74 Å². The van der Waals surface area contributed by atoms with Gasteiger partial charge in [-0.3, -0.25) is 14.5 Å². The number of esters is 1. The summed E-state index contributed by atoms with van der Waals surface area (Å²) in [6.07, 6.45) is 0. The third-order valence-electron chi connectivity index (χ3n) is 7.96. The van der Waals surface area contributed by atoms with Crippen LogP contribution >= 0.6 is 0 Å². The van der Waals surface area contributed by atoms with E-state index in [1.54, 1.807) is 0 Å². The van der Waals surface area contributed by atoms with Crippen molar-refractivity contribution in [3.63, 3.8) is 0 Å². The third kappa shape index (κ3) is 3.53. The zero-order valence-corrected chi connectivity index (χ0v) is 21.7. The van der Waals surface area contributed by atoms with Gasteiger partial charge in [-0.05, 0) is 46.5 Å². The third-order valence-corrected chi connectivity index (χ3v) is 9.79. The fraction of sp³-hybridized carbons (Fsp3) is 0.276. The Morgan fingerprint density at radius 2 is 1.24 bits per heavy atom. The van der Waals surface area contributed by atoms with E-state index >= 15 is 0 Å². The molecule has 8 nitrogen and oxygen atoms in total. The van der Waals surface area contributed by atoms with Crippen molar-refractivity contribution in [2.45, 2.75) is 16.7 Å². The van der Waals surface area contributed by atoms with Crippen LogP contribution < -0.4 is 0 Å². The van der Waals surface area contributed by atoms with Crippen molar-refractivity contribution < 1.29 is 27.5 Å². The summed E-state index contributed by atoms with van der Waals surface area (Å²) in [5, 5.41) is 0. The molecule has 4 aliphatic rings. The van der Waals surface area contributed by atoms with E-state index in [-0.39, 0.29) is 47.3 Å². The molecule has 1 aliphatic heterocycles. The van der Waals surface area contributed by atoms with Crippen LogP contribution in [0.15, 0.2) is 77.7 Å². The van der Waals surface area contributed by atoms with Gasteiger partial charge in [0.05, 0.1) is 28.8 Å². The van der Waals surface area contributed by atoms with Gasteiger partial charge in [-0.1, -0.05) is 48.5 Å². The Labute approximate surface area is 220 Å². The molecule has 194 valence electrons. The minimum Gasteiger partial charge on any atom is -0.460 e. The molecule has 2 amide bonds. The Hall–Kier alpha value is -3.82. The monoisotopic (exact) mass is 530 g/mol. The zero-order chi connectivity index (χ0) is 26.8. The average Bonchev–Trinajstić information content (AvgIpc) is 3.18. The van der Waals surface area contributed by atoms with E-state index in [2.05, 4.69) is 24.3 Å². The van der Waals surface area contributed by atoms with Crippen LogP contribution in [-0.4, -0.2) is 62.7 Å². The number of likely N-dealkylation sites (tertiary alicyclic amines) is 1. The molecular weight excluding hydrogens is 504 g/mol. The lowest BCUT2D eigenvalue weighted by Crippen LogP contribution is -2.41. The van der Waals surface area contributed by atoms with Crippen molar-refractivity contribution in [2.24, 2.45) is 11.8 Å². The van der Waals surface area contributed by atoms with Crippen LogP contribution in [0.25, 0.3) is 0 Å². The summed E-state index contributed by atoms with van der Waals surface area (Å²) in [6, 6.07) is 21.5. The highest BCUT2D eigenvalue weighted by Crippen LogP contribution is 2.60. The second-order valence-corrected chi connectivity index (χ2v) is 12.2. The number of sulfonamides is 1. The predicted octanol–water partition coefficient (Wildman–Crippen LogP) is 2.99. The Morgan fingerprint density at radius 3 is 1.66 bits per heavy atom. The minimum atomic E-state index is -3.61. The Balaban J connectivity index is 1.18. The molecule has 1 saturated heterocycles. The molecule has 9 heteroatoms. The molecule has 3 aromatic carbocycles. The number of nitrogens with zero attached hydrogens (tertiary/aromatic N) is 2. The lowest BCUT2D eigenvalue weighted by atomic mass is 9.55. The van der Waals surface area contributed by atoms with E-state index in [0.717, 1.165) is 26.6 Å². The number of benzene rings is 3. The summed E-state index contributed by atoms with van der Waals surface area (Å²) in [6.45, 7) is -0.182. The second-order valence-electron chi connectivity index (χ2n) is 10.0. The van der Waals surface area contributed by atoms with Gasteiger partial charge in [-0.15, -0.1) is 0 Å². The quantitative estimate of drug-likeness (QED) is 0.359. The first-order valence-electron chi connectivity index (χ1n) is 12.4. The van der Waals surface area contributed by atoms with E-state index in [0.29, 0.717) is 0 Å². The lowest BCUT2D eigenvalue weighted by Gasteiger charge is -2.45. The molecule has 1 heterocycles. The number of amides is 2. The molecule has 38 heavy (non-hydrogen) atoms. The standard InChI is InChI=1S/C29H26N2O6S/c1-30(2)38(35,36)18-13-11-17(12-14-18)29(34)37-16-15-31-27(32)25-23-19-7-3-4-8-20(19)24(26(25)28(31)33)22-10-6-5-9-21(22)23/h3-14,23-26H,15-16H2,1-2H3/t23?,24?,25-,26-/m1/s1. The Morgan fingerprint density at radius 1 is 0.789 bits per heavy atom. The zero-order valence-electron chi connectivity index (χ0n) is 20.9. The average molecular weight is 531 g/mol. The number of hydrogen-bond acceptors (Lipinski definition) is 6. The normalized spacial score (nSPS) is 23.3. The Bertz CT molecular complexity index is 1470. The summed E-state index contributed by atoms with van der Waals surface area (Å²) in [5.74, 6) is -2.42. The first kappa shape index (κ1) is 24.5. The number of hydrogen-bond donors (Lipinski definition) is 0. The molecule has 0 saturated carbocycles. The van der Waals surface area contributed by atoms with Gasteiger partial charge in [-0.25, -0.2) is 17.5 Å². The van der Waals surface area contributed by atoms with Gasteiger partial charge in [0, 0.05) is 25.9 Å². The molecular formula is C29H26N2O6S. The number of carbonyl (C=O) groups is 3. The van der Waals surface area contributed by atoms with Gasteiger partial charge < -0.3 is 4.74 Å². The minimum absolute atomic E-state index is 0.0321. The van der Waals surface area contributed by atoms with E-state index in [9.17, 15) is 22.8 Å². The van der Waals surface area contributed by atoms with Gasteiger partial charge in [-0.2, -0.15) is 0 Å². The van der Waals surface area contributed by atoms with Crippen molar-refractivity contribution >= 4 is 27.8 Å². The maximum absolute atomic E-state index is 13.6. The highest BCUT2D eigenvalue weighted by atomic mass is 32.2. The van der Waals surface area contributed by atoms with E-state index < -0.39 is 27.8 Å². The summed E-state index contributed by atoms with van der Waals surface area (Å²) in [4.78, 5) is 41.1. The SMILES string of the molecule is CN(C)S(=O)(=O)c1ccc(C(=O)OCCN2C(=O)[C@@H]3C4c5ccccc5C(c5ccccc54)[C@H]3C2=O)cc1. The molecule has 0 radical (unpaired) electrons. The van der Waals surface area contributed by atoms with Gasteiger partial charge >= 0.3 is 5.97 Å². The molecule has 3 aliphatic carbocycles. The predicted molar refractivity (Wildman–Crippen MR) is 138 cm³/mol. The summed E-state index contributed by atoms with van der Waals surface area (Å²) >= 11 is 0. The second kappa shape index (κ2) is 8.89. The summed E-state index contributed by atoms with van der Waals surface area (Å²) in [5.41, 5.74) is 4.59. The van der Waals surface area contributed by atoms with Crippen molar-refractivity contribution in [2.75, 3.05) is 27.2 Å². The summed E-state index contributed by atoms with van der Waals surface area (Å²) in [7, 11) is -0.758. The first-order chi connectivity index (χ1) is 18.2. The van der Waals surface area contributed by atoms with Crippen LogP contribution in [0.1, 0.15) is 44.4 Å². The van der Waals surface area contributed by atoms with Crippen LogP contribution in [0, 0.1) is 11.8 Å². The van der Waals surface area contributed by atoms with Crippen molar-refractivity contribution in [1.29, 1.82) is 0 Å². The van der Waals surface area contributed by atoms with Crippen LogP contribution in [-0.2, 0) is 24.3 Å². The molecule has 7 rings (SSSR count). The van der Waals surface area contributed by atoms with E-state index in [1.807, 2.05) is 24.3 Å². The highest BCUT2D eigenvalue weighted by Gasteiger charge is 2.61. The van der Waals surface area contributed by atoms with Crippen LogP contribution in [0.3, 0.4) is 0 Å². The van der Waals surface area contributed by atoms with Crippen molar-refractivity contribution in [3.8, 4) is 0 Å². The van der Waals surface area contributed by atoms with Crippen molar-refractivity contribution in [1.82, 2.24) is 9.21 Å². The molecule has 1 fully saturated rings. The van der Waals surface area contributed by atoms with Gasteiger partial charge in [0.25, 0.3) is 0 Å². The van der Waals surface area contributed by atoms with Crippen LogP contribution in [0.5, 0.6) is 0 Å². The molecule has 0 spiro atoms. The first-order valence-corrected chi connectivity index (χ1v) is 13.9.